The van der Waals surface area contributed by atoms with E-state index in [1.807, 2.05) is 6.92 Å². The van der Waals surface area contributed by atoms with Crippen LogP contribution < -0.4 is 5.73 Å². The van der Waals surface area contributed by atoms with Gasteiger partial charge in [0.2, 0.25) is 0 Å². The first-order valence-electron chi connectivity index (χ1n) is 5.06. The number of ether oxygens (including phenoxy) is 1. The van der Waals surface area contributed by atoms with Crippen molar-refractivity contribution in [1.82, 2.24) is 0 Å². The zero-order chi connectivity index (χ0) is 10.6. The highest BCUT2D eigenvalue weighted by atomic mass is 32.1. The van der Waals surface area contributed by atoms with Gasteiger partial charge in [-0.05, 0) is 35.2 Å². The van der Waals surface area contributed by atoms with Gasteiger partial charge in [-0.2, -0.15) is 11.3 Å². The predicted octanol–water partition coefficient (Wildman–Crippen LogP) is 2.81. The third kappa shape index (κ3) is 2.80. The topological polar surface area (TPSA) is 35.2 Å². The molecule has 0 radical (unpaired) electrons. The molecular weight excluding hydrogens is 194 g/mol. The summed E-state index contributed by atoms with van der Waals surface area (Å²) in [6.07, 6.45) is 0.120. The Morgan fingerprint density at radius 3 is 2.64 bits per heavy atom. The molecule has 0 aliphatic heterocycles. The molecule has 1 aromatic heterocycles. The molecule has 0 bridgehead atoms. The summed E-state index contributed by atoms with van der Waals surface area (Å²) in [6.45, 7) is 7.02. The van der Waals surface area contributed by atoms with Gasteiger partial charge < -0.3 is 10.5 Å². The number of nitrogens with two attached hydrogens (primary N) is 1. The molecule has 14 heavy (non-hydrogen) atoms. The molecule has 0 saturated carbocycles. The monoisotopic (exact) mass is 213 g/mol. The largest absolute Gasteiger partial charge is 0.376 e. The van der Waals surface area contributed by atoms with Gasteiger partial charge in [0.15, 0.2) is 0 Å². The Hall–Kier alpha value is -0.380. The lowest BCUT2D eigenvalue weighted by Crippen LogP contribution is -2.33. The minimum Gasteiger partial charge on any atom is -0.376 e. The average molecular weight is 213 g/mol. The lowest BCUT2D eigenvalue weighted by molar-refractivity contribution is 0.0122. The summed E-state index contributed by atoms with van der Waals surface area (Å²) in [5.74, 6) is 0.449. The van der Waals surface area contributed by atoms with E-state index in [-0.39, 0.29) is 12.1 Å². The third-order valence-corrected chi connectivity index (χ3v) is 3.00. The molecule has 0 amide bonds. The molecule has 2 atom stereocenters. The van der Waals surface area contributed by atoms with Crippen LogP contribution in [0, 0.1) is 5.92 Å². The van der Waals surface area contributed by atoms with Crippen LogP contribution in [-0.2, 0) is 4.74 Å². The maximum Gasteiger partial charge on any atom is 0.0790 e. The molecule has 3 heteroatoms. The second-order valence-corrected chi connectivity index (χ2v) is 4.53. The number of hydrogen-bond donors (Lipinski definition) is 1. The van der Waals surface area contributed by atoms with Crippen LogP contribution in [0.1, 0.15) is 32.4 Å². The molecule has 2 unspecified atom stereocenters. The van der Waals surface area contributed by atoms with Crippen molar-refractivity contribution in [2.75, 3.05) is 6.61 Å². The molecule has 0 spiro atoms. The fourth-order valence-corrected chi connectivity index (χ4v) is 2.26. The summed E-state index contributed by atoms with van der Waals surface area (Å²) >= 11 is 1.68. The molecule has 0 aromatic carbocycles. The van der Waals surface area contributed by atoms with Crippen molar-refractivity contribution >= 4 is 11.3 Å². The van der Waals surface area contributed by atoms with Gasteiger partial charge in [0.1, 0.15) is 0 Å². The summed E-state index contributed by atoms with van der Waals surface area (Å²) < 4.78 is 5.67. The molecule has 0 aliphatic rings. The van der Waals surface area contributed by atoms with Crippen molar-refractivity contribution in [1.29, 1.82) is 0 Å². The molecule has 0 aliphatic carbocycles. The molecule has 80 valence electrons. The Kier molecular flexibility index (Phi) is 4.58. The van der Waals surface area contributed by atoms with E-state index in [1.54, 1.807) is 11.3 Å². The quantitative estimate of drug-likeness (QED) is 0.816. The van der Waals surface area contributed by atoms with E-state index in [9.17, 15) is 0 Å². The van der Waals surface area contributed by atoms with Crippen LogP contribution >= 0.6 is 11.3 Å². The Morgan fingerprint density at radius 1 is 1.50 bits per heavy atom. The van der Waals surface area contributed by atoms with Crippen LogP contribution in [0.3, 0.4) is 0 Å². The van der Waals surface area contributed by atoms with Gasteiger partial charge in [-0.1, -0.05) is 13.8 Å². The van der Waals surface area contributed by atoms with E-state index >= 15 is 0 Å². The highest BCUT2D eigenvalue weighted by molar-refractivity contribution is 7.07. The van der Waals surface area contributed by atoms with Gasteiger partial charge in [-0.25, -0.2) is 0 Å². The zero-order valence-electron chi connectivity index (χ0n) is 9.07. The lowest BCUT2D eigenvalue weighted by atomic mass is 9.96. The van der Waals surface area contributed by atoms with Crippen molar-refractivity contribution in [2.24, 2.45) is 11.7 Å². The molecule has 0 fully saturated rings. The van der Waals surface area contributed by atoms with Crippen LogP contribution in [0.4, 0.5) is 0 Å². The van der Waals surface area contributed by atoms with Crippen LogP contribution in [0.15, 0.2) is 16.8 Å². The summed E-state index contributed by atoms with van der Waals surface area (Å²) in [5.41, 5.74) is 7.33. The smallest absolute Gasteiger partial charge is 0.0790 e. The van der Waals surface area contributed by atoms with Crippen molar-refractivity contribution in [3.05, 3.63) is 22.4 Å². The second-order valence-electron chi connectivity index (χ2n) is 3.75. The first-order valence-corrected chi connectivity index (χ1v) is 6.00. The fraction of sp³-hybridized carbons (Fsp3) is 0.636. The van der Waals surface area contributed by atoms with E-state index < -0.39 is 0 Å². The average Bonchev–Trinajstić information content (AvgIpc) is 2.65. The first kappa shape index (κ1) is 11.7. The predicted molar refractivity (Wildman–Crippen MR) is 61.5 cm³/mol. The number of hydrogen-bond acceptors (Lipinski definition) is 3. The molecule has 1 rings (SSSR count). The SMILES string of the molecule is CCOC(C(C)C)C(N)c1ccsc1. The molecule has 1 aromatic rings. The Labute approximate surface area is 90.1 Å². The van der Waals surface area contributed by atoms with E-state index in [1.165, 1.54) is 5.56 Å². The van der Waals surface area contributed by atoms with Crippen LogP contribution in [0.25, 0.3) is 0 Å². The number of rotatable bonds is 5. The van der Waals surface area contributed by atoms with E-state index in [2.05, 4.69) is 30.7 Å². The highest BCUT2D eigenvalue weighted by Gasteiger charge is 2.23. The van der Waals surface area contributed by atoms with Crippen molar-refractivity contribution in [3.63, 3.8) is 0 Å². The number of thiophene rings is 1. The van der Waals surface area contributed by atoms with Crippen LogP contribution in [0.2, 0.25) is 0 Å². The van der Waals surface area contributed by atoms with Gasteiger partial charge in [0.25, 0.3) is 0 Å². The Morgan fingerprint density at radius 2 is 2.21 bits per heavy atom. The Bertz CT molecular complexity index is 246. The fourth-order valence-electron chi connectivity index (χ4n) is 1.56. The van der Waals surface area contributed by atoms with E-state index in [0.717, 1.165) is 6.61 Å². The van der Waals surface area contributed by atoms with Gasteiger partial charge in [0, 0.05) is 6.61 Å². The lowest BCUT2D eigenvalue weighted by Gasteiger charge is -2.26. The van der Waals surface area contributed by atoms with E-state index in [4.69, 9.17) is 10.5 Å². The molecule has 0 saturated heterocycles. The van der Waals surface area contributed by atoms with Crippen LogP contribution in [0.5, 0.6) is 0 Å². The first-order chi connectivity index (χ1) is 6.66. The molecule has 2 N–H and O–H groups in total. The molecule has 1 heterocycles. The van der Waals surface area contributed by atoms with Gasteiger partial charge in [-0.3, -0.25) is 0 Å². The highest BCUT2D eigenvalue weighted by Crippen LogP contribution is 2.24. The zero-order valence-corrected chi connectivity index (χ0v) is 9.88. The Balaban J connectivity index is 2.68. The maximum atomic E-state index is 6.15. The van der Waals surface area contributed by atoms with Gasteiger partial charge >= 0.3 is 0 Å². The van der Waals surface area contributed by atoms with Crippen molar-refractivity contribution in [3.8, 4) is 0 Å². The molecular formula is C11H19NOS. The van der Waals surface area contributed by atoms with Gasteiger partial charge in [-0.15, -0.1) is 0 Å². The third-order valence-electron chi connectivity index (χ3n) is 2.30. The normalized spacial score (nSPS) is 15.8. The van der Waals surface area contributed by atoms with Crippen LogP contribution in [-0.4, -0.2) is 12.7 Å². The summed E-state index contributed by atoms with van der Waals surface area (Å²) in [5, 5.41) is 4.15. The standard InChI is InChI=1S/C11H19NOS/c1-4-13-11(8(2)3)10(12)9-5-6-14-7-9/h5-8,10-11H,4,12H2,1-3H3. The molecule has 2 nitrogen and oxygen atoms in total. The minimum absolute atomic E-state index is 0.00111. The van der Waals surface area contributed by atoms with E-state index in [0.29, 0.717) is 5.92 Å². The summed E-state index contributed by atoms with van der Waals surface area (Å²) in [7, 11) is 0. The second kappa shape index (κ2) is 5.49. The summed E-state index contributed by atoms with van der Waals surface area (Å²) in [4.78, 5) is 0. The van der Waals surface area contributed by atoms with Crippen molar-refractivity contribution in [2.45, 2.75) is 32.9 Å². The van der Waals surface area contributed by atoms with Gasteiger partial charge in [0.05, 0.1) is 12.1 Å². The van der Waals surface area contributed by atoms with Crippen molar-refractivity contribution < 1.29 is 4.74 Å². The minimum atomic E-state index is 0.00111. The summed E-state index contributed by atoms with van der Waals surface area (Å²) in [6, 6.07) is 2.07. The maximum absolute atomic E-state index is 6.15.